The summed E-state index contributed by atoms with van der Waals surface area (Å²) in [5.74, 6) is -0.610. The molecule has 0 radical (unpaired) electrons. The van der Waals surface area contributed by atoms with Crippen molar-refractivity contribution in [3.63, 3.8) is 0 Å². The number of fused-ring (bicyclic) bond motifs is 1. The number of nitrogens with one attached hydrogen (secondary N) is 2. The van der Waals surface area contributed by atoms with Crippen molar-refractivity contribution in [2.45, 2.75) is 44.9 Å². The van der Waals surface area contributed by atoms with Crippen LogP contribution in [0.2, 0.25) is 0 Å². The predicted octanol–water partition coefficient (Wildman–Crippen LogP) is 6.85. The topological polar surface area (TPSA) is 67.7 Å². The molecule has 2 N–H and O–H groups in total. The van der Waals surface area contributed by atoms with E-state index in [-0.39, 0.29) is 23.5 Å². The van der Waals surface area contributed by atoms with Crippen LogP contribution in [0.5, 0.6) is 0 Å². The van der Waals surface area contributed by atoms with Crippen molar-refractivity contribution in [1.82, 2.24) is 20.0 Å². The number of halogens is 1. The molecule has 1 unspecified atom stereocenters. The molecule has 1 saturated carbocycles. The summed E-state index contributed by atoms with van der Waals surface area (Å²) in [7, 11) is 3.32. The predicted molar refractivity (Wildman–Crippen MR) is 157 cm³/mol. The SMILES string of the molecule is CC=CC=C(CC)C1(NC(OC)c2cccc(-c3ccc4nc(-c5ccc(F)cc5)c(C(=O)NC)n4c3)c2)CC1. The largest absolute Gasteiger partial charge is 0.362 e. The highest BCUT2D eigenvalue weighted by molar-refractivity contribution is 5.99. The summed E-state index contributed by atoms with van der Waals surface area (Å²) in [5.41, 5.74) is 6.49. The smallest absolute Gasteiger partial charge is 0.270 e. The van der Waals surface area contributed by atoms with Gasteiger partial charge in [-0.15, -0.1) is 0 Å². The Labute approximate surface area is 234 Å². The third-order valence-electron chi connectivity index (χ3n) is 7.58. The number of hydrogen-bond acceptors (Lipinski definition) is 4. The average Bonchev–Trinajstić information content (AvgIpc) is 3.67. The Morgan fingerprint density at radius 1 is 1.12 bits per heavy atom. The molecule has 0 saturated heterocycles. The van der Waals surface area contributed by atoms with E-state index in [2.05, 4.69) is 47.9 Å². The molecule has 6 nitrogen and oxygen atoms in total. The highest BCUT2D eigenvalue weighted by atomic mass is 19.1. The number of ether oxygens (including phenoxy) is 1. The number of aromatic nitrogens is 2. The molecule has 2 heterocycles. The molecule has 7 heteroatoms. The maximum atomic E-state index is 13.6. The number of nitrogens with zero attached hydrogens (tertiary/aromatic N) is 2. The van der Waals surface area contributed by atoms with Gasteiger partial charge in [0.1, 0.15) is 29.1 Å². The Morgan fingerprint density at radius 2 is 1.88 bits per heavy atom. The van der Waals surface area contributed by atoms with Crippen molar-refractivity contribution in [1.29, 1.82) is 0 Å². The molecule has 2 aromatic carbocycles. The Hall–Kier alpha value is -4.07. The van der Waals surface area contributed by atoms with Gasteiger partial charge in [-0.05, 0) is 85.3 Å². The number of carbonyl (C=O) groups excluding carboxylic acids is 1. The van der Waals surface area contributed by atoms with E-state index >= 15 is 0 Å². The zero-order valence-electron chi connectivity index (χ0n) is 23.4. The summed E-state index contributed by atoms with van der Waals surface area (Å²) < 4.78 is 21.3. The molecular formula is C33H35FN4O2. The zero-order valence-corrected chi connectivity index (χ0v) is 23.4. The summed E-state index contributed by atoms with van der Waals surface area (Å²) in [5, 5.41) is 6.50. The van der Waals surface area contributed by atoms with Crippen LogP contribution in [0.4, 0.5) is 4.39 Å². The Bertz CT molecular complexity index is 1580. The van der Waals surface area contributed by atoms with Gasteiger partial charge >= 0.3 is 0 Å². The molecule has 1 fully saturated rings. The molecule has 1 atom stereocenters. The average molecular weight is 539 g/mol. The van der Waals surface area contributed by atoms with Gasteiger partial charge in [-0.1, -0.05) is 48.9 Å². The van der Waals surface area contributed by atoms with Gasteiger partial charge in [0.25, 0.3) is 5.91 Å². The number of hydrogen-bond donors (Lipinski definition) is 2. The number of amides is 1. The third kappa shape index (κ3) is 5.35. The normalized spacial score (nSPS) is 15.5. The summed E-state index contributed by atoms with van der Waals surface area (Å²) in [6.45, 7) is 4.23. The van der Waals surface area contributed by atoms with Crippen molar-refractivity contribution in [3.8, 4) is 22.4 Å². The monoisotopic (exact) mass is 538 g/mol. The minimum absolute atomic E-state index is 0.0418. The summed E-state index contributed by atoms with van der Waals surface area (Å²) in [4.78, 5) is 17.7. The maximum Gasteiger partial charge on any atom is 0.270 e. The van der Waals surface area contributed by atoms with E-state index in [0.717, 1.165) is 36.0 Å². The van der Waals surface area contributed by atoms with Crippen LogP contribution in [-0.2, 0) is 4.74 Å². The first-order valence-electron chi connectivity index (χ1n) is 13.7. The highest BCUT2D eigenvalue weighted by Gasteiger charge is 2.46. The molecule has 1 amide bonds. The van der Waals surface area contributed by atoms with Gasteiger partial charge < -0.3 is 10.1 Å². The molecule has 40 heavy (non-hydrogen) atoms. The fraction of sp³-hybridized carbons (Fsp3) is 0.273. The zero-order chi connectivity index (χ0) is 28.3. The van der Waals surface area contributed by atoms with Gasteiger partial charge in [-0.2, -0.15) is 0 Å². The number of methoxy groups -OCH3 is 1. The van der Waals surface area contributed by atoms with Gasteiger partial charge in [0.05, 0.1) is 0 Å². The lowest BCUT2D eigenvalue weighted by molar-refractivity contribution is 0.0630. The van der Waals surface area contributed by atoms with Crippen molar-refractivity contribution < 1.29 is 13.9 Å². The molecule has 0 bridgehead atoms. The molecule has 1 aliphatic rings. The lowest BCUT2D eigenvalue weighted by Crippen LogP contribution is -2.37. The van der Waals surface area contributed by atoms with Crippen molar-refractivity contribution in [2.24, 2.45) is 0 Å². The summed E-state index contributed by atoms with van der Waals surface area (Å²) >= 11 is 0. The van der Waals surface area contributed by atoms with E-state index < -0.39 is 0 Å². The van der Waals surface area contributed by atoms with Gasteiger partial charge in [-0.3, -0.25) is 14.5 Å². The van der Waals surface area contributed by atoms with Gasteiger partial charge in [0, 0.05) is 31.5 Å². The van der Waals surface area contributed by atoms with Crippen LogP contribution in [0.15, 0.2) is 90.7 Å². The van der Waals surface area contributed by atoms with Gasteiger partial charge in [-0.25, -0.2) is 9.37 Å². The summed E-state index contributed by atoms with van der Waals surface area (Å²) in [6.07, 6.45) is 11.2. The number of benzene rings is 2. The van der Waals surface area contributed by atoms with Gasteiger partial charge in [0.15, 0.2) is 0 Å². The lowest BCUT2D eigenvalue weighted by Gasteiger charge is -2.27. The number of carbonyl (C=O) groups is 1. The van der Waals surface area contributed by atoms with Crippen LogP contribution >= 0.6 is 0 Å². The van der Waals surface area contributed by atoms with Crippen molar-refractivity contribution in [3.05, 3.63) is 108 Å². The first kappa shape index (κ1) is 27.5. The standard InChI is InChI=1S/C33H35FN4O2/c1-5-7-11-26(6-2)33(18-19-33)37-32(40-4)24-10-8-9-23(20-24)25-14-17-28-36-29(22-12-15-27(34)16-13-22)30(31(39)35-3)38(28)21-25/h5,7-17,20-21,32,37H,6,18-19H2,1-4H3,(H,35,39). The highest BCUT2D eigenvalue weighted by Crippen LogP contribution is 2.45. The Balaban J connectivity index is 1.51. The fourth-order valence-corrected chi connectivity index (χ4v) is 5.28. The van der Waals surface area contributed by atoms with E-state index in [1.165, 1.54) is 17.7 Å². The second-order valence-electron chi connectivity index (χ2n) is 10.1. The van der Waals surface area contributed by atoms with E-state index in [4.69, 9.17) is 9.72 Å². The number of rotatable bonds is 10. The second-order valence-corrected chi connectivity index (χ2v) is 10.1. The molecule has 4 aromatic rings. The first-order valence-corrected chi connectivity index (χ1v) is 13.7. The van der Waals surface area contributed by atoms with Crippen LogP contribution in [0, 0.1) is 5.82 Å². The third-order valence-corrected chi connectivity index (χ3v) is 7.58. The minimum Gasteiger partial charge on any atom is -0.362 e. The van der Waals surface area contributed by atoms with Gasteiger partial charge in [0.2, 0.25) is 0 Å². The van der Waals surface area contributed by atoms with Crippen molar-refractivity contribution >= 4 is 11.6 Å². The summed E-state index contributed by atoms with van der Waals surface area (Å²) in [6, 6.07) is 18.2. The molecule has 5 rings (SSSR count). The minimum atomic E-state index is -0.340. The van der Waals surface area contributed by atoms with Crippen molar-refractivity contribution in [2.75, 3.05) is 14.2 Å². The van der Waals surface area contributed by atoms with E-state index in [9.17, 15) is 9.18 Å². The van der Waals surface area contributed by atoms with Crippen LogP contribution < -0.4 is 10.6 Å². The molecule has 206 valence electrons. The van der Waals surface area contributed by atoms with Crippen LogP contribution in [0.3, 0.4) is 0 Å². The molecular weight excluding hydrogens is 503 g/mol. The quantitative estimate of drug-likeness (QED) is 0.171. The number of allylic oxidation sites excluding steroid dienone is 3. The first-order chi connectivity index (χ1) is 19.4. The van der Waals surface area contributed by atoms with Crippen LogP contribution in [-0.4, -0.2) is 35.0 Å². The second kappa shape index (κ2) is 11.6. The maximum absolute atomic E-state index is 13.6. The number of pyridine rings is 1. The number of imidazole rings is 1. The van der Waals surface area contributed by atoms with E-state index in [1.54, 1.807) is 30.7 Å². The van der Waals surface area contributed by atoms with E-state index in [1.807, 2.05) is 37.4 Å². The fourth-order valence-electron chi connectivity index (χ4n) is 5.28. The molecule has 1 aliphatic carbocycles. The van der Waals surface area contributed by atoms with Crippen LogP contribution in [0.25, 0.3) is 28.0 Å². The Morgan fingerprint density at radius 3 is 2.52 bits per heavy atom. The lowest BCUT2D eigenvalue weighted by atomic mass is 9.99. The van der Waals surface area contributed by atoms with E-state index in [0.29, 0.717) is 22.6 Å². The molecule has 0 spiro atoms. The van der Waals surface area contributed by atoms with Crippen LogP contribution in [0.1, 0.15) is 55.4 Å². The molecule has 2 aromatic heterocycles. The molecule has 0 aliphatic heterocycles. The Kier molecular flexibility index (Phi) is 7.96.